The van der Waals surface area contributed by atoms with E-state index in [-0.39, 0.29) is 41.8 Å². The van der Waals surface area contributed by atoms with E-state index in [1.54, 1.807) is 19.9 Å². The monoisotopic (exact) mass is 584 g/mol. The highest BCUT2D eigenvalue weighted by Gasteiger charge is 2.33. The fourth-order valence-electron chi connectivity index (χ4n) is 3.73. The van der Waals surface area contributed by atoms with Crippen LogP contribution in [0.4, 0.5) is 0 Å². The number of nitrogens with zero attached hydrogens (tertiary/aromatic N) is 3. The zero-order chi connectivity index (χ0) is 27.5. The molecule has 2 heterocycles. The van der Waals surface area contributed by atoms with Crippen LogP contribution in [-0.2, 0) is 35.1 Å². The molecule has 1 N–H and O–H groups in total. The molecule has 1 aliphatic heterocycles. The molecule has 1 aromatic carbocycles. The number of hydrogen-bond donors (Lipinski definition) is 1. The van der Waals surface area contributed by atoms with Crippen LogP contribution < -0.4 is 5.32 Å². The van der Waals surface area contributed by atoms with Gasteiger partial charge in [0.1, 0.15) is 0 Å². The number of benzene rings is 1. The number of nitrogens with one attached hydrogen (secondary N) is 1. The van der Waals surface area contributed by atoms with Crippen LogP contribution in [0.25, 0.3) is 0 Å². The van der Waals surface area contributed by atoms with E-state index in [4.69, 9.17) is 37.4 Å². The number of carbonyl (C=O) groups is 3. The predicted octanol–water partition coefficient (Wildman–Crippen LogP) is 3.10. The molecule has 0 saturated carbocycles. The first kappa shape index (κ1) is 30.1. The number of thioether (sulfide) groups is 1. The second kappa shape index (κ2) is 15.2. The molecule has 1 saturated heterocycles. The van der Waals surface area contributed by atoms with Gasteiger partial charge < -0.3 is 19.5 Å². The number of rotatable bonds is 12. The van der Waals surface area contributed by atoms with Crippen molar-refractivity contribution < 1.29 is 28.6 Å². The van der Waals surface area contributed by atoms with Gasteiger partial charge in [0.05, 0.1) is 47.4 Å². The summed E-state index contributed by atoms with van der Waals surface area (Å²) in [6.45, 7) is 6.54. The molecule has 2 aromatic rings. The highest BCUT2D eigenvalue weighted by atomic mass is 35.5. The van der Waals surface area contributed by atoms with Crippen molar-refractivity contribution >= 4 is 52.8 Å². The van der Waals surface area contributed by atoms with Crippen LogP contribution in [0.1, 0.15) is 31.0 Å². The molecule has 0 aliphatic carbocycles. The van der Waals surface area contributed by atoms with E-state index in [1.807, 2.05) is 12.1 Å². The molecule has 1 atom stereocenters. The highest BCUT2D eigenvalue weighted by Crippen LogP contribution is 2.24. The Labute approximate surface area is 235 Å². The maximum absolute atomic E-state index is 12.5. The topological polar surface area (TPSA) is 120 Å². The Morgan fingerprint density at radius 2 is 1.89 bits per heavy atom. The summed E-state index contributed by atoms with van der Waals surface area (Å²) in [7, 11) is 0. The number of carbonyl (C=O) groups excluding carboxylic acids is 3. The number of morpholine rings is 1. The van der Waals surface area contributed by atoms with E-state index < -0.39 is 17.9 Å². The van der Waals surface area contributed by atoms with E-state index >= 15 is 0 Å². The number of esters is 2. The summed E-state index contributed by atoms with van der Waals surface area (Å²) in [5, 5.41) is 4.16. The van der Waals surface area contributed by atoms with Crippen molar-refractivity contribution in [2.24, 2.45) is 0 Å². The van der Waals surface area contributed by atoms with Gasteiger partial charge in [-0.05, 0) is 37.6 Å². The Kier molecular flexibility index (Phi) is 12.1. The van der Waals surface area contributed by atoms with Crippen LogP contribution in [0.15, 0.2) is 35.6 Å². The maximum atomic E-state index is 12.5. The van der Waals surface area contributed by atoms with Crippen molar-refractivity contribution in [1.29, 1.82) is 0 Å². The molecule has 1 fully saturated rings. The molecule has 1 aromatic heterocycles. The lowest BCUT2D eigenvalue weighted by Gasteiger charge is -2.33. The van der Waals surface area contributed by atoms with E-state index in [1.165, 1.54) is 12.3 Å². The van der Waals surface area contributed by atoms with Gasteiger partial charge in [-0.1, -0.05) is 41.0 Å². The molecule has 1 amide bonds. The Balaban J connectivity index is 1.49. The van der Waals surface area contributed by atoms with Gasteiger partial charge in [-0.3, -0.25) is 19.3 Å². The standard InChI is InChI=1S/C25H30Cl2N4O6S/c1-3-35-23(33)22(24(34)36-4-2)20-7-8-28-25(30-20)38-15-21(32)29-12-17-14-31(9-10-37-17)13-16-5-6-18(26)19(27)11-16/h5-8,11,17,22H,3-4,9-10,12-15H2,1-2H3,(H,29,32). The minimum absolute atomic E-state index is 0.0483. The van der Waals surface area contributed by atoms with E-state index in [2.05, 4.69) is 20.2 Å². The van der Waals surface area contributed by atoms with Crippen LogP contribution in [0.3, 0.4) is 0 Å². The maximum Gasteiger partial charge on any atom is 0.326 e. The zero-order valence-corrected chi connectivity index (χ0v) is 23.5. The molecular weight excluding hydrogens is 555 g/mol. The summed E-state index contributed by atoms with van der Waals surface area (Å²) in [5.41, 5.74) is 1.20. The zero-order valence-electron chi connectivity index (χ0n) is 21.2. The van der Waals surface area contributed by atoms with E-state index in [9.17, 15) is 14.4 Å². The van der Waals surface area contributed by atoms with E-state index in [0.29, 0.717) is 36.3 Å². The van der Waals surface area contributed by atoms with Gasteiger partial charge in [0.25, 0.3) is 0 Å². The van der Waals surface area contributed by atoms with Crippen molar-refractivity contribution in [3.8, 4) is 0 Å². The lowest BCUT2D eigenvalue weighted by molar-refractivity contribution is -0.157. The van der Waals surface area contributed by atoms with Gasteiger partial charge in [0.15, 0.2) is 11.1 Å². The summed E-state index contributed by atoms with van der Waals surface area (Å²) in [5.74, 6) is -2.99. The second-order valence-electron chi connectivity index (χ2n) is 8.27. The lowest BCUT2D eigenvalue weighted by Crippen LogP contribution is -2.47. The summed E-state index contributed by atoms with van der Waals surface area (Å²) in [6, 6.07) is 7.03. The Morgan fingerprint density at radius 3 is 2.58 bits per heavy atom. The Hall–Kier alpha value is -2.44. The van der Waals surface area contributed by atoms with Gasteiger partial charge in [0.2, 0.25) is 5.91 Å². The molecule has 3 rings (SSSR count). The third-order valence-corrected chi connectivity index (χ3v) is 7.07. The minimum atomic E-state index is -1.32. The smallest absolute Gasteiger partial charge is 0.326 e. The first-order valence-electron chi connectivity index (χ1n) is 12.1. The van der Waals surface area contributed by atoms with Gasteiger partial charge in [-0.15, -0.1) is 0 Å². The number of hydrogen-bond acceptors (Lipinski definition) is 10. The molecule has 0 radical (unpaired) electrons. The SMILES string of the molecule is CCOC(=O)C(C(=O)OCC)c1ccnc(SCC(=O)NCC2CN(Cc3ccc(Cl)c(Cl)c3)CCO2)n1. The molecule has 1 aliphatic rings. The summed E-state index contributed by atoms with van der Waals surface area (Å²) >= 11 is 13.2. The minimum Gasteiger partial charge on any atom is -0.465 e. The van der Waals surface area contributed by atoms with Crippen LogP contribution in [0, 0.1) is 0 Å². The average Bonchev–Trinajstić information content (AvgIpc) is 2.89. The van der Waals surface area contributed by atoms with Crippen LogP contribution >= 0.6 is 35.0 Å². The quantitative estimate of drug-likeness (QED) is 0.172. The molecular formula is C25H30Cl2N4O6S. The van der Waals surface area contributed by atoms with Crippen LogP contribution in [0.2, 0.25) is 10.0 Å². The average molecular weight is 586 g/mol. The Morgan fingerprint density at radius 1 is 1.16 bits per heavy atom. The molecule has 1 unspecified atom stereocenters. The van der Waals surface area contributed by atoms with Crippen molar-refractivity contribution in [3.63, 3.8) is 0 Å². The molecule has 0 spiro atoms. The first-order valence-corrected chi connectivity index (χ1v) is 13.9. The first-order chi connectivity index (χ1) is 18.3. The predicted molar refractivity (Wildman–Crippen MR) is 143 cm³/mol. The second-order valence-corrected chi connectivity index (χ2v) is 10.0. The molecule has 13 heteroatoms. The highest BCUT2D eigenvalue weighted by molar-refractivity contribution is 7.99. The van der Waals surface area contributed by atoms with Gasteiger partial charge in [-0.2, -0.15) is 0 Å². The largest absolute Gasteiger partial charge is 0.465 e. The van der Waals surface area contributed by atoms with Gasteiger partial charge in [0, 0.05) is 32.4 Å². The summed E-state index contributed by atoms with van der Waals surface area (Å²) in [4.78, 5) is 47.8. The third kappa shape index (κ3) is 9.09. The number of amides is 1. The number of halogens is 2. The Bertz CT molecular complexity index is 1110. The van der Waals surface area contributed by atoms with Crippen LogP contribution in [-0.4, -0.2) is 84.0 Å². The number of aromatic nitrogens is 2. The third-order valence-electron chi connectivity index (χ3n) is 5.47. The van der Waals surface area contributed by atoms with Crippen molar-refractivity contribution in [2.75, 3.05) is 45.2 Å². The van der Waals surface area contributed by atoms with Crippen molar-refractivity contribution in [2.45, 2.75) is 37.6 Å². The lowest BCUT2D eigenvalue weighted by atomic mass is 10.1. The van der Waals surface area contributed by atoms with E-state index in [0.717, 1.165) is 23.9 Å². The normalized spacial score (nSPS) is 15.8. The molecule has 38 heavy (non-hydrogen) atoms. The van der Waals surface area contributed by atoms with Crippen LogP contribution in [0.5, 0.6) is 0 Å². The summed E-state index contributed by atoms with van der Waals surface area (Å²) in [6.07, 6.45) is 1.27. The van der Waals surface area contributed by atoms with Crippen molar-refractivity contribution in [3.05, 3.63) is 51.8 Å². The van der Waals surface area contributed by atoms with Gasteiger partial charge in [-0.25, -0.2) is 9.97 Å². The summed E-state index contributed by atoms with van der Waals surface area (Å²) < 4.78 is 15.8. The van der Waals surface area contributed by atoms with Crippen molar-refractivity contribution in [1.82, 2.24) is 20.2 Å². The van der Waals surface area contributed by atoms with Gasteiger partial charge >= 0.3 is 11.9 Å². The number of ether oxygens (including phenoxy) is 3. The fourth-order valence-corrected chi connectivity index (χ4v) is 4.71. The molecule has 0 bridgehead atoms. The molecule has 206 valence electrons. The molecule has 10 nitrogen and oxygen atoms in total. The fraction of sp³-hybridized carbons (Fsp3) is 0.480.